The Labute approximate surface area is 131 Å². The summed E-state index contributed by atoms with van der Waals surface area (Å²) in [5.41, 5.74) is 12.3. The summed E-state index contributed by atoms with van der Waals surface area (Å²) in [6.07, 6.45) is -0.535. The van der Waals surface area contributed by atoms with Crippen molar-refractivity contribution in [1.82, 2.24) is 5.32 Å². The average molecular weight is 329 g/mol. The number of aliphatic hydroxyl groups excluding tert-OH is 1. The van der Waals surface area contributed by atoms with Crippen LogP contribution in [0.4, 0.5) is 13.2 Å². The van der Waals surface area contributed by atoms with E-state index in [0.29, 0.717) is 11.1 Å². The van der Waals surface area contributed by atoms with Gasteiger partial charge >= 0.3 is 6.43 Å². The molecular weight excluding hydrogens is 311 g/mol. The van der Waals surface area contributed by atoms with E-state index < -0.39 is 31.2 Å². The highest BCUT2D eigenvalue weighted by atomic mass is 19.3. The Hall–Kier alpha value is -2.48. The quantitative estimate of drug-likeness (QED) is 0.565. The van der Waals surface area contributed by atoms with Crippen LogP contribution >= 0.6 is 0 Å². The molecule has 5 nitrogen and oxygen atoms in total. The van der Waals surface area contributed by atoms with Crippen LogP contribution in [0.2, 0.25) is 0 Å². The van der Waals surface area contributed by atoms with Crippen molar-refractivity contribution in [2.24, 2.45) is 11.5 Å². The summed E-state index contributed by atoms with van der Waals surface area (Å²) < 4.78 is 37.3. The first-order valence-electron chi connectivity index (χ1n) is 6.67. The second-order valence-electron chi connectivity index (χ2n) is 4.62. The SMILES string of the molecule is N/C=C\C(=C/N)c1ccc(C(O)C(CF)NC(=O)C(F)F)cc1. The van der Waals surface area contributed by atoms with Gasteiger partial charge in [-0.1, -0.05) is 24.3 Å². The summed E-state index contributed by atoms with van der Waals surface area (Å²) in [5.74, 6) is -1.63. The fraction of sp³-hybridized carbons (Fsp3) is 0.267. The highest BCUT2D eigenvalue weighted by molar-refractivity contribution is 5.79. The van der Waals surface area contributed by atoms with Gasteiger partial charge in [-0.3, -0.25) is 4.79 Å². The number of nitrogens with two attached hydrogens (primary N) is 2. The lowest BCUT2D eigenvalue weighted by molar-refractivity contribution is -0.133. The molecule has 0 radical (unpaired) electrons. The molecule has 1 aromatic rings. The van der Waals surface area contributed by atoms with Gasteiger partial charge in [-0.15, -0.1) is 0 Å². The molecule has 1 rings (SSSR count). The average Bonchev–Trinajstić information content (AvgIpc) is 2.56. The molecule has 0 saturated heterocycles. The van der Waals surface area contributed by atoms with E-state index in [-0.39, 0.29) is 5.56 Å². The number of nitrogens with one attached hydrogen (secondary N) is 1. The Balaban J connectivity index is 2.91. The first-order chi connectivity index (χ1) is 10.9. The van der Waals surface area contributed by atoms with Crippen molar-refractivity contribution in [2.45, 2.75) is 18.6 Å². The van der Waals surface area contributed by atoms with E-state index in [1.54, 1.807) is 23.5 Å². The lowest BCUT2D eigenvalue weighted by Crippen LogP contribution is -2.43. The highest BCUT2D eigenvalue weighted by Gasteiger charge is 2.26. The van der Waals surface area contributed by atoms with E-state index in [2.05, 4.69) is 0 Å². The number of hydrogen-bond donors (Lipinski definition) is 4. The van der Waals surface area contributed by atoms with Crippen LogP contribution in [0.15, 0.2) is 42.7 Å². The first-order valence-corrected chi connectivity index (χ1v) is 6.67. The molecule has 6 N–H and O–H groups in total. The smallest absolute Gasteiger partial charge is 0.315 e. The van der Waals surface area contributed by atoms with Crippen molar-refractivity contribution in [3.05, 3.63) is 53.9 Å². The second-order valence-corrected chi connectivity index (χ2v) is 4.62. The van der Waals surface area contributed by atoms with Crippen LogP contribution in [0.25, 0.3) is 5.57 Å². The zero-order chi connectivity index (χ0) is 17.4. The molecule has 0 saturated carbocycles. The maximum atomic E-state index is 12.9. The van der Waals surface area contributed by atoms with Gasteiger partial charge in [0.1, 0.15) is 12.8 Å². The van der Waals surface area contributed by atoms with Crippen molar-refractivity contribution in [1.29, 1.82) is 0 Å². The first kappa shape index (κ1) is 18.6. The van der Waals surface area contributed by atoms with Crippen molar-refractivity contribution in [2.75, 3.05) is 6.67 Å². The number of hydrogen-bond acceptors (Lipinski definition) is 4. The number of amides is 1. The third-order valence-electron chi connectivity index (χ3n) is 3.11. The lowest BCUT2D eigenvalue weighted by atomic mass is 9.99. The van der Waals surface area contributed by atoms with Crippen LogP contribution < -0.4 is 16.8 Å². The molecule has 0 spiro atoms. The summed E-state index contributed by atoms with van der Waals surface area (Å²) in [6.45, 7) is -1.19. The number of alkyl halides is 3. The monoisotopic (exact) mass is 329 g/mol. The van der Waals surface area contributed by atoms with Crippen molar-refractivity contribution in [3.63, 3.8) is 0 Å². The Kier molecular flexibility index (Phi) is 7.14. The van der Waals surface area contributed by atoms with Crippen molar-refractivity contribution < 1.29 is 23.1 Å². The van der Waals surface area contributed by atoms with Gasteiger partial charge in [0.15, 0.2) is 0 Å². The van der Waals surface area contributed by atoms with Gasteiger partial charge in [0.25, 0.3) is 5.91 Å². The summed E-state index contributed by atoms with van der Waals surface area (Å²) in [6, 6.07) is 4.69. The molecule has 126 valence electrons. The molecule has 1 aromatic carbocycles. The molecule has 0 heterocycles. The van der Waals surface area contributed by atoms with Gasteiger partial charge in [-0.25, -0.2) is 4.39 Å². The Morgan fingerprint density at radius 1 is 1.26 bits per heavy atom. The maximum absolute atomic E-state index is 12.9. The summed E-state index contributed by atoms with van der Waals surface area (Å²) in [4.78, 5) is 10.9. The summed E-state index contributed by atoms with van der Waals surface area (Å²) in [7, 11) is 0. The fourth-order valence-electron chi connectivity index (χ4n) is 1.90. The largest absolute Gasteiger partial charge is 0.405 e. The minimum atomic E-state index is -3.28. The molecule has 0 aromatic heterocycles. The zero-order valence-corrected chi connectivity index (χ0v) is 12.1. The number of halogens is 3. The number of allylic oxidation sites excluding steroid dienone is 2. The van der Waals surface area contributed by atoms with Crippen molar-refractivity contribution >= 4 is 11.5 Å². The van der Waals surface area contributed by atoms with Gasteiger partial charge in [0, 0.05) is 6.20 Å². The molecular formula is C15H18F3N3O2. The standard InChI is InChI=1S/C15H18F3N3O2/c16-7-12(21-15(23)14(17)18)13(22)10-3-1-9(2-4-10)11(8-20)5-6-19/h1-6,8,12-14,22H,7,19-20H2,(H,21,23)/b6-5-,11-8+. The molecule has 0 bridgehead atoms. The molecule has 1 amide bonds. The van der Waals surface area contributed by atoms with E-state index in [0.717, 1.165) is 0 Å². The predicted octanol–water partition coefficient (Wildman–Crippen LogP) is 1.21. The molecule has 2 atom stereocenters. The Morgan fingerprint density at radius 3 is 2.30 bits per heavy atom. The number of aliphatic hydroxyl groups is 1. The van der Waals surface area contributed by atoms with E-state index in [1.165, 1.54) is 24.5 Å². The van der Waals surface area contributed by atoms with E-state index in [9.17, 15) is 23.1 Å². The summed E-state index contributed by atoms with van der Waals surface area (Å²) >= 11 is 0. The van der Waals surface area contributed by atoms with Gasteiger partial charge in [0.2, 0.25) is 0 Å². The van der Waals surface area contributed by atoms with E-state index in [4.69, 9.17) is 11.5 Å². The molecule has 0 aliphatic carbocycles. The maximum Gasteiger partial charge on any atom is 0.315 e. The Morgan fingerprint density at radius 2 is 1.87 bits per heavy atom. The van der Waals surface area contributed by atoms with Gasteiger partial charge in [-0.2, -0.15) is 8.78 Å². The third-order valence-corrected chi connectivity index (χ3v) is 3.11. The van der Waals surface area contributed by atoms with Crippen LogP contribution in [0, 0.1) is 0 Å². The van der Waals surface area contributed by atoms with E-state index >= 15 is 0 Å². The Bertz CT molecular complexity index is 574. The third kappa shape index (κ3) is 5.03. The molecule has 2 unspecified atom stereocenters. The molecule has 8 heteroatoms. The van der Waals surface area contributed by atoms with Crippen LogP contribution in [-0.4, -0.2) is 30.2 Å². The van der Waals surface area contributed by atoms with Gasteiger partial charge < -0.3 is 21.9 Å². The molecule has 0 fully saturated rings. The molecule has 0 aliphatic rings. The number of benzene rings is 1. The highest BCUT2D eigenvalue weighted by Crippen LogP contribution is 2.21. The van der Waals surface area contributed by atoms with Gasteiger partial charge in [-0.05, 0) is 29.0 Å². The summed E-state index contributed by atoms with van der Waals surface area (Å²) in [5, 5.41) is 11.8. The topological polar surface area (TPSA) is 101 Å². The number of carbonyl (C=O) groups is 1. The lowest BCUT2D eigenvalue weighted by Gasteiger charge is -2.22. The van der Waals surface area contributed by atoms with Gasteiger partial charge in [0.05, 0.1) is 6.04 Å². The predicted molar refractivity (Wildman–Crippen MR) is 80.8 cm³/mol. The number of carbonyl (C=O) groups excluding carboxylic acids is 1. The minimum absolute atomic E-state index is 0.263. The van der Waals surface area contributed by atoms with Crippen LogP contribution in [-0.2, 0) is 4.79 Å². The van der Waals surface area contributed by atoms with Crippen LogP contribution in [0.3, 0.4) is 0 Å². The van der Waals surface area contributed by atoms with E-state index in [1.807, 2.05) is 0 Å². The van der Waals surface area contributed by atoms with Crippen molar-refractivity contribution in [3.8, 4) is 0 Å². The fourth-order valence-corrected chi connectivity index (χ4v) is 1.90. The second kappa shape index (κ2) is 8.84. The van der Waals surface area contributed by atoms with Crippen LogP contribution in [0.1, 0.15) is 17.2 Å². The molecule has 0 aliphatic heterocycles. The number of rotatable bonds is 7. The molecule has 23 heavy (non-hydrogen) atoms. The zero-order valence-electron chi connectivity index (χ0n) is 12.1. The van der Waals surface area contributed by atoms with Crippen LogP contribution in [0.5, 0.6) is 0 Å². The minimum Gasteiger partial charge on any atom is -0.405 e. The normalized spacial score (nSPS) is 14.9.